The smallest absolute Gasteiger partial charge is 0.287 e. The predicted molar refractivity (Wildman–Crippen MR) is 131 cm³/mol. The second-order valence-electron chi connectivity index (χ2n) is 8.79. The Morgan fingerprint density at radius 2 is 1.72 bits per heavy atom. The molecular weight excluding hydrogens is 462 g/mol. The minimum atomic E-state index is -1.00. The van der Waals surface area contributed by atoms with Crippen LogP contribution in [-0.4, -0.2) is 42.3 Å². The van der Waals surface area contributed by atoms with Gasteiger partial charge in [-0.05, 0) is 54.8 Å². The highest BCUT2D eigenvalue weighted by atomic mass is 16.5. The van der Waals surface area contributed by atoms with Crippen LogP contribution in [0.5, 0.6) is 5.75 Å². The number of methoxy groups -OCH3 is 1. The zero-order valence-electron chi connectivity index (χ0n) is 20.3. The molecule has 2 aromatic heterocycles. The van der Waals surface area contributed by atoms with Crippen molar-refractivity contribution in [2.45, 2.75) is 50.7 Å². The Kier molecular flexibility index (Phi) is 8.44. The molecule has 36 heavy (non-hydrogen) atoms. The number of carbonyl (C=O) groups excluding carboxylic acids is 3. The van der Waals surface area contributed by atoms with Gasteiger partial charge in [-0.3, -0.25) is 14.4 Å². The van der Waals surface area contributed by atoms with Crippen molar-refractivity contribution in [2.75, 3.05) is 13.7 Å². The van der Waals surface area contributed by atoms with E-state index in [0.29, 0.717) is 11.5 Å². The summed E-state index contributed by atoms with van der Waals surface area (Å²) < 4.78 is 16.0. The van der Waals surface area contributed by atoms with Crippen LogP contribution in [0, 0.1) is 0 Å². The Labute approximate surface area is 209 Å². The molecule has 0 spiro atoms. The second-order valence-corrected chi connectivity index (χ2v) is 8.79. The molecule has 0 unspecified atom stereocenters. The van der Waals surface area contributed by atoms with E-state index in [4.69, 9.17) is 13.6 Å². The number of rotatable bonds is 10. The number of nitrogens with one attached hydrogen (secondary N) is 2. The normalized spacial score (nSPS) is 14.6. The SMILES string of the molecule is COc1ccc(CN(C(=O)CNC(=O)c2ccco2)[C@H](C(=O)NC2CCCCC2)c2ccco2)cc1. The van der Waals surface area contributed by atoms with E-state index < -0.39 is 17.9 Å². The van der Waals surface area contributed by atoms with Crippen molar-refractivity contribution in [3.8, 4) is 5.75 Å². The van der Waals surface area contributed by atoms with Crippen molar-refractivity contribution >= 4 is 17.7 Å². The van der Waals surface area contributed by atoms with Crippen LogP contribution in [0.4, 0.5) is 0 Å². The molecule has 0 aliphatic heterocycles. The number of hydrogen-bond donors (Lipinski definition) is 2. The lowest BCUT2D eigenvalue weighted by Gasteiger charge is -2.32. The van der Waals surface area contributed by atoms with E-state index >= 15 is 0 Å². The summed E-state index contributed by atoms with van der Waals surface area (Å²) >= 11 is 0. The fraction of sp³-hybridized carbons (Fsp3) is 0.370. The summed E-state index contributed by atoms with van der Waals surface area (Å²) in [6.07, 6.45) is 7.95. The number of carbonyl (C=O) groups is 3. The van der Waals surface area contributed by atoms with Crippen molar-refractivity contribution in [1.29, 1.82) is 0 Å². The summed E-state index contributed by atoms with van der Waals surface area (Å²) in [5, 5.41) is 5.70. The zero-order chi connectivity index (χ0) is 25.3. The summed E-state index contributed by atoms with van der Waals surface area (Å²) in [5.74, 6) is -0.134. The minimum Gasteiger partial charge on any atom is -0.497 e. The van der Waals surface area contributed by atoms with Gasteiger partial charge in [-0.2, -0.15) is 0 Å². The summed E-state index contributed by atoms with van der Waals surface area (Å²) in [4.78, 5) is 40.9. The first kappa shape index (κ1) is 25.1. The van der Waals surface area contributed by atoms with Gasteiger partial charge in [0, 0.05) is 12.6 Å². The van der Waals surface area contributed by atoms with Crippen LogP contribution in [-0.2, 0) is 16.1 Å². The third-order valence-electron chi connectivity index (χ3n) is 6.30. The third kappa shape index (κ3) is 6.35. The third-order valence-corrected chi connectivity index (χ3v) is 6.30. The maximum atomic E-state index is 13.6. The minimum absolute atomic E-state index is 0.0558. The van der Waals surface area contributed by atoms with Crippen LogP contribution in [0.1, 0.15) is 60.0 Å². The molecule has 3 aromatic rings. The van der Waals surface area contributed by atoms with E-state index in [0.717, 1.165) is 37.7 Å². The van der Waals surface area contributed by atoms with Gasteiger partial charge in [0.1, 0.15) is 11.5 Å². The number of furan rings is 2. The average Bonchev–Trinajstić information content (AvgIpc) is 3.63. The Balaban J connectivity index is 1.58. The molecule has 2 N–H and O–H groups in total. The van der Waals surface area contributed by atoms with Gasteiger partial charge in [0.2, 0.25) is 5.91 Å². The monoisotopic (exact) mass is 493 g/mol. The highest BCUT2D eigenvalue weighted by Gasteiger charge is 2.35. The largest absolute Gasteiger partial charge is 0.497 e. The maximum absolute atomic E-state index is 13.6. The number of hydrogen-bond acceptors (Lipinski definition) is 6. The van der Waals surface area contributed by atoms with Crippen LogP contribution in [0.2, 0.25) is 0 Å². The quantitative estimate of drug-likeness (QED) is 0.444. The highest BCUT2D eigenvalue weighted by Crippen LogP contribution is 2.26. The lowest BCUT2D eigenvalue weighted by Crippen LogP contribution is -2.49. The Morgan fingerprint density at radius 3 is 2.36 bits per heavy atom. The van der Waals surface area contributed by atoms with Gasteiger partial charge in [0.05, 0.1) is 26.2 Å². The number of nitrogens with zero attached hydrogens (tertiary/aromatic N) is 1. The summed E-state index contributed by atoms with van der Waals surface area (Å²) in [5.41, 5.74) is 0.795. The van der Waals surface area contributed by atoms with E-state index in [1.165, 1.54) is 23.5 Å². The molecule has 1 aromatic carbocycles. The molecule has 4 rings (SSSR count). The molecule has 1 fully saturated rings. The van der Waals surface area contributed by atoms with E-state index in [1.807, 2.05) is 12.1 Å². The van der Waals surface area contributed by atoms with Crippen LogP contribution < -0.4 is 15.4 Å². The second kappa shape index (κ2) is 12.1. The molecule has 190 valence electrons. The lowest BCUT2D eigenvalue weighted by atomic mass is 9.95. The van der Waals surface area contributed by atoms with E-state index in [-0.39, 0.29) is 30.8 Å². The van der Waals surface area contributed by atoms with Crippen molar-refractivity contribution in [1.82, 2.24) is 15.5 Å². The number of ether oxygens (including phenoxy) is 1. The van der Waals surface area contributed by atoms with Crippen LogP contribution >= 0.6 is 0 Å². The molecule has 2 heterocycles. The number of amides is 3. The van der Waals surface area contributed by atoms with Crippen molar-refractivity contribution in [3.63, 3.8) is 0 Å². The fourth-order valence-electron chi connectivity index (χ4n) is 4.40. The molecule has 0 bridgehead atoms. The Hall–Kier alpha value is -4.01. The van der Waals surface area contributed by atoms with Crippen LogP contribution in [0.25, 0.3) is 0 Å². The van der Waals surface area contributed by atoms with Crippen molar-refractivity contribution in [3.05, 3.63) is 78.1 Å². The molecule has 0 saturated heterocycles. The number of benzene rings is 1. The van der Waals surface area contributed by atoms with E-state index in [9.17, 15) is 14.4 Å². The molecule has 1 saturated carbocycles. The summed E-state index contributed by atoms with van der Waals surface area (Å²) in [7, 11) is 1.58. The van der Waals surface area contributed by atoms with Gasteiger partial charge >= 0.3 is 0 Å². The summed E-state index contributed by atoms with van der Waals surface area (Å²) in [6, 6.07) is 12.8. The Bertz CT molecular complexity index is 1120. The molecule has 3 amide bonds. The highest BCUT2D eigenvalue weighted by molar-refractivity contribution is 5.95. The van der Waals surface area contributed by atoms with Crippen LogP contribution in [0.15, 0.2) is 69.9 Å². The van der Waals surface area contributed by atoms with E-state index in [1.54, 1.807) is 37.4 Å². The fourth-order valence-corrected chi connectivity index (χ4v) is 4.40. The average molecular weight is 494 g/mol. The molecular formula is C27H31N3O6. The molecule has 9 heteroatoms. The van der Waals surface area contributed by atoms with Gasteiger partial charge in [-0.15, -0.1) is 0 Å². The topological polar surface area (TPSA) is 114 Å². The van der Waals surface area contributed by atoms with E-state index in [2.05, 4.69) is 10.6 Å². The molecule has 1 aliphatic rings. The first-order chi connectivity index (χ1) is 17.5. The van der Waals surface area contributed by atoms with Gasteiger partial charge in [0.15, 0.2) is 11.8 Å². The van der Waals surface area contributed by atoms with Crippen molar-refractivity contribution in [2.24, 2.45) is 0 Å². The first-order valence-corrected chi connectivity index (χ1v) is 12.1. The first-order valence-electron chi connectivity index (χ1n) is 12.1. The van der Waals surface area contributed by atoms with Gasteiger partial charge < -0.3 is 29.1 Å². The molecule has 9 nitrogen and oxygen atoms in total. The molecule has 1 aliphatic carbocycles. The summed E-state index contributed by atoms with van der Waals surface area (Å²) in [6.45, 7) is -0.188. The van der Waals surface area contributed by atoms with Crippen molar-refractivity contribution < 1.29 is 28.0 Å². The van der Waals surface area contributed by atoms with Gasteiger partial charge in [0.25, 0.3) is 11.8 Å². The lowest BCUT2D eigenvalue weighted by molar-refractivity contribution is -0.142. The molecule has 0 radical (unpaired) electrons. The Morgan fingerprint density at radius 1 is 1.00 bits per heavy atom. The van der Waals surface area contributed by atoms with Gasteiger partial charge in [-0.25, -0.2) is 0 Å². The van der Waals surface area contributed by atoms with Crippen LogP contribution in [0.3, 0.4) is 0 Å². The predicted octanol–water partition coefficient (Wildman–Crippen LogP) is 3.83. The maximum Gasteiger partial charge on any atom is 0.287 e. The zero-order valence-corrected chi connectivity index (χ0v) is 20.3. The standard InChI is InChI=1S/C27H31N3O6/c1-34-21-13-11-19(12-14-21)18-30(24(31)17-28-26(32)23-10-6-16-36-23)25(22-9-5-15-35-22)27(33)29-20-7-3-2-4-8-20/h5-6,9-16,20,25H,2-4,7-8,17-18H2,1H3,(H,28,32)(H,29,33)/t25-/m0/s1. The molecule has 1 atom stereocenters. The van der Waals surface area contributed by atoms with Gasteiger partial charge in [-0.1, -0.05) is 31.4 Å².